The van der Waals surface area contributed by atoms with Gasteiger partial charge in [-0.25, -0.2) is 9.67 Å². The molecule has 0 aliphatic rings. The van der Waals surface area contributed by atoms with E-state index in [9.17, 15) is 0 Å². The van der Waals surface area contributed by atoms with E-state index in [1.807, 2.05) is 22.9 Å². The molecule has 1 heterocycles. The molecular weight excluding hydrogens is 293 g/mol. The number of hydrogen-bond donors (Lipinski definition) is 0. The summed E-state index contributed by atoms with van der Waals surface area (Å²) in [5.41, 5.74) is 1.14. The van der Waals surface area contributed by atoms with E-state index in [0.717, 1.165) is 29.4 Å². The summed E-state index contributed by atoms with van der Waals surface area (Å²) in [6, 6.07) is 7.85. The van der Waals surface area contributed by atoms with Crippen molar-refractivity contribution >= 4 is 23.2 Å². The maximum absolute atomic E-state index is 6.13. The van der Waals surface area contributed by atoms with Crippen molar-refractivity contribution in [2.45, 2.75) is 32.7 Å². The van der Waals surface area contributed by atoms with Gasteiger partial charge in [0.1, 0.15) is 12.2 Å². The summed E-state index contributed by atoms with van der Waals surface area (Å²) in [7, 11) is 0. The van der Waals surface area contributed by atoms with Gasteiger partial charge in [0.05, 0.1) is 0 Å². The largest absolute Gasteiger partial charge is 0.250 e. The molecule has 0 aliphatic carbocycles. The number of hydrogen-bond acceptors (Lipinski definition) is 2. The number of aromatic nitrogens is 3. The van der Waals surface area contributed by atoms with Gasteiger partial charge in [-0.2, -0.15) is 5.10 Å². The Labute approximate surface area is 129 Å². The SMILES string of the molecule is CC(C)Cn1ncnc1CC(CCl)c1cccc(Cl)c1. The van der Waals surface area contributed by atoms with Gasteiger partial charge in [-0.15, -0.1) is 11.6 Å². The molecule has 5 heteroatoms. The van der Waals surface area contributed by atoms with E-state index in [2.05, 4.69) is 30.0 Å². The van der Waals surface area contributed by atoms with Gasteiger partial charge in [0.15, 0.2) is 0 Å². The van der Waals surface area contributed by atoms with Gasteiger partial charge >= 0.3 is 0 Å². The Morgan fingerprint density at radius 3 is 2.75 bits per heavy atom. The van der Waals surface area contributed by atoms with Crippen LogP contribution in [0.15, 0.2) is 30.6 Å². The average Bonchev–Trinajstić information content (AvgIpc) is 2.82. The minimum absolute atomic E-state index is 0.200. The highest BCUT2D eigenvalue weighted by molar-refractivity contribution is 6.30. The molecule has 2 aromatic rings. The Hall–Kier alpha value is -1.06. The van der Waals surface area contributed by atoms with Gasteiger partial charge in [-0.05, 0) is 23.6 Å². The lowest BCUT2D eigenvalue weighted by molar-refractivity contribution is 0.461. The van der Waals surface area contributed by atoms with Gasteiger partial charge < -0.3 is 0 Å². The topological polar surface area (TPSA) is 30.7 Å². The summed E-state index contributed by atoms with van der Waals surface area (Å²) >= 11 is 12.2. The lowest BCUT2D eigenvalue weighted by Gasteiger charge is -2.15. The highest BCUT2D eigenvalue weighted by Gasteiger charge is 2.16. The van der Waals surface area contributed by atoms with Gasteiger partial charge in [0.25, 0.3) is 0 Å². The van der Waals surface area contributed by atoms with Crippen LogP contribution in [-0.2, 0) is 13.0 Å². The molecule has 0 spiro atoms. The summed E-state index contributed by atoms with van der Waals surface area (Å²) in [5, 5.41) is 5.03. The molecule has 0 amide bonds. The monoisotopic (exact) mass is 311 g/mol. The minimum atomic E-state index is 0.200. The van der Waals surface area contributed by atoms with Crippen LogP contribution < -0.4 is 0 Å². The van der Waals surface area contributed by atoms with Crippen LogP contribution in [0.3, 0.4) is 0 Å². The van der Waals surface area contributed by atoms with E-state index in [0.29, 0.717) is 11.8 Å². The molecule has 1 unspecified atom stereocenters. The highest BCUT2D eigenvalue weighted by Crippen LogP contribution is 2.24. The van der Waals surface area contributed by atoms with Gasteiger partial charge in [0, 0.05) is 29.8 Å². The van der Waals surface area contributed by atoms with Crippen LogP contribution in [0.2, 0.25) is 5.02 Å². The Balaban J connectivity index is 2.16. The minimum Gasteiger partial charge on any atom is -0.250 e. The molecule has 0 aliphatic heterocycles. The van der Waals surface area contributed by atoms with Crippen molar-refractivity contribution in [2.24, 2.45) is 5.92 Å². The van der Waals surface area contributed by atoms with E-state index < -0.39 is 0 Å². The second kappa shape index (κ2) is 7.09. The molecular formula is C15H19Cl2N3. The first kappa shape index (κ1) is 15.3. The summed E-state index contributed by atoms with van der Waals surface area (Å²) in [4.78, 5) is 4.37. The molecule has 0 fully saturated rings. The lowest BCUT2D eigenvalue weighted by atomic mass is 9.97. The van der Waals surface area contributed by atoms with Crippen molar-refractivity contribution in [1.29, 1.82) is 0 Å². The maximum Gasteiger partial charge on any atom is 0.138 e. The lowest BCUT2D eigenvalue weighted by Crippen LogP contribution is -2.14. The van der Waals surface area contributed by atoms with E-state index in [1.165, 1.54) is 0 Å². The zero-order valence-corrected chi connectivity index (χ0v) is 13.3. The zero-order valence-electron chi connectivity index (χ0n) is 11.8. The van der Waals surface area contributed by atoms with Crippen molar-refractivity contribution in [2.75, 3.05) is 5.88 Å². The third-order valence-corrected chi connectivity index (χ3v) is 3.78. The van der Waals surface area contributed by atoms with E-state index in [-0.39, 0.29) is 5.92 Å². The molecule has 0 radical (unpaired) electrons. The van der Waals surface area contributed by atoms with Crippen molar-refractivity contribution < 1.29 is 0 Å². The first-order chi connectivity index (χ1) is 9.60. The summed E-state index contributed by atoms with van der Waals surface area (Å²) in [6.07, 6.45) is 2.39. The van der Waals surface area contributed by atoms with Crippen LogP contribution in [0, 0.1) is 5.92 Å². The molecule has 0 saturated heterocycles. The molecule has 0 N–H and O–H groups in total. The number of benzene rings is 1. The second-order valence-electron chi connectivity index (χ2n) is 5.36. The van der Waals surface area contributed by atoms with Crippen LogP contribution in [0.5, 0.6) is 0 Å². The van der Waals surface area contributed by atoms with Gasteiger partial charge in [0.2, 0.25) is 0 Å². The molecule has 3 nitrogen and oxygen atoms in total. The van der Waals surface area contributed by atoms with Crippen molar-refractivity contribution in [3.63, 3.8) is 0 Å². The third-order valence-electron chi connectivity index (χ3n) is 3.17. The van der Waals surface area contributed by atoms with Gasteiger partial charge in [-0.1, -0.05) is 37.6 Å². The molecule has 0 saturated carbocycles. The van der Waals surface area contributed by atoms with Gasteiger partial charge in [-0.3, -0.25) is 0 Å². The normalized spacial score (nSPS) is 12.8. The maximum atomic E-state index is 6.13. The van der Waals surface area contributed by atoms with Crippen molar-refractivity contribution in [3.8, 4) is 0 Å². The van der Waals surface area contributed by atoms with Crippen molar-refractivity contribution in [3.05, 3.63) is 47.0 Å². The summed E-state index contributed by atoms with van der Waals surface area (Å²) in [6.45, 7) is 5.21. The first-order valence-corrected chi connectivity index (χ1v) is 7.69. The number of halogens is 2. The molecule has 2 rings (SSSR count). The Bertz CT molecular complexity index is 552. The second-order valence-corrected chi connectivity index (χ2v) is 6.11. The molecule has 0 bridgehead atoms. The Morgan fingerprint density at radius 2 is 2.10 bits per heavy atom. The Morgan fingerprint density at radius 1 is 1.30 bits per heavy atom. The van der Waals surface area contributed by atoms with Crippen molar-refractivity contribution in [1.82, 2.24) is 14.8 Å². The first-order valence-electron chi connectivity index (χ1n) is 6.78. The fraction of sp³-hybridized carbons (Fsp3) is 0.467. The highest BCUT2D eigenvalue weighted by atomic mass is 35.5. The number of nitrogens with zero attached hydrogens (tertiary/aromatic N) is 3. The summed E-state index contributed by atoms with van der Waals surface area (Å²) in [5.74, 6) is 2.25. The van der Waals surface area contributed by atoms with E-state index >= 15 is 0 Å². The standard InChI is InChI=1S/C15H19Cl2N3/c1-11(2)9-20-15(18-10-19-20)7-13(8-16)12-4-3-5-14(17)6-12/h3-6,10-11,13H,7-9H2,1-2H3. The van der Waals surface area contributed by atoms with Crippen LogP contribution in [0.1, 0.15) is 31.2 Å². The average molecular weight is 312 g/mol. The smallest absolute Gasteiger partial charge is 0.138 e. The molecule has 1 atom stereocenters. The molecule has 1 aromatic carbocycles. The van der Waals surface area contributed by atoms with Crippen LogP contribution in [0.4, 0.5) is 0 Å². The molecule has 1 aromatic heterocycles. The van der Waals surface area contributed by atoms with Crippen LogP contribution in [0.25, 0.3) is 0 Å². The third kappa shape index (κ3) is 3.97. The number of rotatable bonds is 6. The zero-order chi connectivity index (χ0) is 14.5. The predicted octanol–water partition coefficient (Wildman–Crippen LogP) is 4.15. The van der Waals surface area contributed by atoms with Crippen LogP contribution in [-0.4, -0.2) is 20.6 Å². The Kier molecular flexibility index (Phi) is 5.44. The quantitative estimate of drug-likeness (QED) is 0.750. The molecule has 20 heavy (non-hydrogen) atoms. The van der Waals surface area contributed by atoms with Crippen LogP contribution >= 0.6 is 23.2 Å². The fourth-order valence-corrected chi connectivity index (χ4v) is 2.67. The van der Waals surface area contributed by atoms with E-state index in [1.54, 1.807) is 6.33 Å². The predicted molar refractivity (Wildman–Crippen MR) is 83.5 cm³/mol. The van der Waals surface area contributed by atoms with E-state index in [4.69, 9.17) is 23.2 Å². The fourth-order valence-electron chi connectivity index (χ4n) is 2.19. The molecule has 108 valence electrons. The summed E-state index contributed by atoms with van der Waals surface area (Å²) < 4.78 is 1.97. The number of alkyl halides is 1.